The molecule has 7 heteroatoms. The first-order chi connectivity index (χ1) is 12.0. The SMILES string of the molecule is Cc1nc(Nc2cccc(C(=O)NC3CC3)c2)c2nn(C)c(C)c2n1. The average Bonchev–Trinajstić information content (AvgIpc) is 3.35. The third kappa shape index (κ3) is 3.05. The molecule has 3 aromatic rings. The lowest BCUT2D eigenvalue weighted by molar-refractivity contribution is 0.0951. The van der Waals surface area contributed by atoms with Crippen LogP contribution >= 0.6 is 0 Å². The van der Waals surface area contributed by atoms with Crippen LogP contribution in [0.4, 0.5) is 11.5 Å². The lowest BCUT2D eigenvalue weighted by Crippen LogP contribution is -2.25. The number of nitrogens with one attached hydrogen (secondary N) is 2. The maximum absolute atomic E-state index is 12.2. The second-order valence-corrected chi connectivity index (χ2v) is 6.48. The zero-order chi connectivity index (χ0) is 17.6. The number of hydrogen-bond acceptors (Lipinski definition) is 5. The number of hydrogen-bond donors (Lipinski definition) is 2. The summed E-state index contributed by atoms with van der Waals surface area (Å²) in [7, 11) is 1.89. The highest BCUT2D eigenvalue weighted by Gasteiger charge is 2.23. The molecule has 1 amide bonds. The number of carbonyl (C=O) groups excluding carboxylic acids is 1. The fraction of sp³-hybridized carbons (Fsp3) is 0.333. The Hall–Kier alpha value is -2.96. The number of amides is 1. The van der Waals surface area contributed by atoms with E-state index in [4.69, 9.17) is 0 Å². The topological polar surface area (TPSA) is 84.7 Å². The molecule has 1 saturated carbocycles. The Morgan fingerprint density at radius 2 is 2.00 bits per heavy atom. The van der Waals surface area contributed by atoms with Gasteiger partial charge in [0.1, 0.15) is 11.3 Å². The zero-order valence-corrected chi connectivity index (χ0v) is 14.5. The fourth-order valence-electron chi connectivity index (χ4n) is 2.75. The monoisotopic (exact) mass is 336 g/mol. The van der Waals surface area contributed by atoms with Gasteiger partial charge in [-0.1, -0.05) is 6.07 Å². The van der Waals surface area contributed by atoms with Crippen LogP contribution in [-0.4, -0.2) is 31.7 Å². The van der Waals surface area contributed by atoms with Gasteiger partial charge in [0.25, 0.3) is 5.91 Å². The second kappa shape index (κ2) is 5.84. The molecule has 4 rings (SSSR count). The van der Waals surface area contributed by atoms with Crippen LogP contribution < -0.4 is 10.6 Å². The van der Waals surface area contributed by atoms with E-state index in [0.29, 0.717) is 23.2 Å². The molecule has 0 spiro atoms. The average molecular weight is 336 g/mol. The van der Waals surface area contributed by atoms with Crippen molar-refractivity contribution in [3.8, 4) is 0 Å². The first-order valence-corrected chi connectivity index (χ1v) is 8.37. The van der Waals surface area contributed by atoms with Crippen molar-refractivity contribution in [2.24, 2.45) is 7.05 Å². The standard InChI is InChI=1S/C18H20N6O/c1-10-15-16(23-24(10)3)17(20-11(2)19-15)21-14-6-4-5-12(9-14)18(25)22-13-7-8-13/h4-6,9,13H,7-8H2,1-3H3,(H,22,25)(H,19,20,21). The molecule has 0 atom stereocenters. The Kier molecular flexibility index (Phi) is 3.63. The van der Waals surface area contributed by atoms with E-state index in [2.05, 4.69) is 25.7 Å². The molecular weight excluding hydrogens is 316 g/mol. The summed E-state index contributed by atoms with van der Waals surface area (Å²) in [5.41, 5.74) is 3.97. The lowest BCUT2D eigenvalue weighted by Gasteiger charge is -2.09. The first kappa shape index (κ1) is 15.6. The molecule has 1 aliphatic rings. The molecule has 2 heterocycles. The Bertz CT molecular complexity index is 973. The van der Waals surface area contributed by atoms with E-state index in [-0.39, 0.29) is 5.91 Å². The molecule has 0 unspecified atom stereocenters. The van der Waals surface area contributed by atoms with Gasteiger partial charge in [0.05, 0.1) is 5.69 Å². The first-order valence-electron chi connectivity index (χ1n) is 8.37. The summed E-state index contributed by atoms with van der Waals surface area (Å²) in [6, 6.07) is 7.75. The maximum Gasteiger partial charge on any atom is 0.251 e. The van der Waals surface area contributed by atoms with E-state index >= 15 is 0 Å². The van der Waals surface area contributed by atoms with Gasteiger partial charge in [0.15, 0.2) is 11.3 Å². The van der Waals surface area contributed by atoms with Crippen molar-refractivity contribution in [2.45, 2.75) is 32.7 Å². The number of aryl methyl sites for hydroxylation is 3. The molecule has 1 fully saturated rings. The van der Waals surface area contributed by atoms with E-state index in [1.807, 2.05) is 45.2 Å². The van der Waals surface area contributed by atoms with Gasteiger partial charge in [-0.15, -0.1) is 0 Å². The van der Waals surface area contributed by atoms with Crippen LogP contribution in [0.5, 0.6) is 0 Å². The molecule has 0 aliphatic heterocycles. The minimum Gasteiger partial charge on any atom is -0.349 e. The fourth-order valence-corrected chi connectivity index (χ4v) is 2.75. The predicted octanol–water partition coefficient (Wildman–Crippen LogP) is 2.62. The summed E-state index contributed by atoms with van der Waals surface area (Å²) in [5.74, 6) is 1.28. The molecule has 25 heavy (non-hydrogen) atoms. The van der Waals surface area contributed by atoms with Crippen molar-refractivity contribution in [2.75, 3.05) is 5.32 Å². The minimum absolute atomic E-state index is 0.0381. The van der Waals surface area contributed by atoms with Crippen LogP contribution in [0.2, 0.25) is 0 Å². The van der Waals surface area contributed by atoms with Crippen LogP contribution in [0, 0.1) is 13.8 Å². The molecule has 2 N–H and O–H groups in total. The van der Waals surface area contributed by atoms with Crippen LogP contribution in [0.3, 0.4) is 0 Å². The number of carbonyl (C=O) groups is 1. The van der Waals surface area contributed by atoms with Gasteiger partial charge in [-0.3, -0.25) is 9.48 Å². The van der Waals surface area contributed by atoms with Gasteiger partial charge in [-0.2, -0.15) is 5.10 Å². The predicted molar refractivity (Wildman–Crippen MR) is 96.0 cm³/mol. The van der Waals surface area contributed by atoms with Gasteiger partial charge < -0.3 is 10.6 Å². The molecule has 0 saturated heterocycles. The third-order valence-corrected chi connectivity index (χ3v) is 4.37. The minimum atomic E-state index is -0.0381. The number of aromatic nitrogens is 4. The van der Waals surface area contributed by atoms with Gasteiger partial charge in [-0.25, -0.2) is 9.97 Å². The van der Waals surface area contributed by atoms with Crippen LogP contribution in [0.1, 0.15) is 34.7 Å². The van der Waals surface area contributed by atoms with E-state index in [1.165, 1.54) is 0 Å². The highest BCUT2D eigenvalue weighted by Crippen LogP contribution is 2.25. The number of nitrogens with zero attached hydrogens (tertiary/aromatic N) is 4. The molecule has 0 radical (unpaired) electrons. The van der Waals surface area contributed by atoms with Crippen molar-refractivity contribution in [3.63, 3.8) is 0 Å². The lowest BCUT2D eigenvalue weighted by atomic mass is 10.2. The molecule has 7 nitrogen and oxygen atoms in total. The quantitative estimate of drug-likeness (QED) is 0.765. The Morgan fingerprint density at radius 1 is 1.20 bits per heavy atom. The number of fused-ring (bicyclic) bond motifs is 1. The summed E-state index contributed by atoms with van der Waals surface area (Å²) in [6.07, 6.45) is 2.14. The summed E-state index contributed by atoms with van der Waals surface area (Å²) >= 11 is 0. The summed E-state index contributed by atoms with van der Waals surface area (Å²) in [5, 5.41) is 10.8. The van der Waals surface area contributed by atoms with Crippen molar-refractivity contribution in [1.82, 2.24) is 25.1 Å². The highest BCUT2D eigenvalue weighted by atomic mass is 16.1. The van der Waals surface area contributed by atoms with Gasteiger partial charge in [0.2, 0.25) is 0 Å². The van der Waals surface area contributed by atoms with Crippen molar-refractivity contribution >= 4 is 28.4 Å². The highest BCUT2D eigenvalue weighted by molar-refractivity contribution is 5.96. The molecule has 0 bridgehead atoms. The number of anilines is 2. The molecule has 2 aromatic heterocycles. The molecular formula is C18H20N6O. The maximum atomic E-state index is 12.2. The van der Waals surface area contributed by atoms with E-state index < -0.39 is 0 Å². The smallest absolute Gasteiger partial charge is 0.251 e. The van der Waals surface area contributed by atoms with E-state index in [9.17, 15) is 4.79 Å². The summed E-state index contributed by atoms with van der Waals surface area (Å²) < 4.78 is 1.80. The van der Waals surface area contributed by atoms with Crippen LogP contribution in [0.25, 0.3) is 11.0 Å². The third-order valence-electron chi connectivity index (χ3n) is 4.37. The molecule has 128 valence electrons. The largest absolute Gasteiger partial charge is 0.349 e. The normalized spacial score (nSPS) is 13.9. The second-order valence-electron chi connectivity index (χ2n) is 6.48. The van der Waals surface area contributed by atoms with E-state index in [0.717, 1.165) is 35.3 Å². The van der Waals surface area contributed by atoms with Gasteiger partial charge in [-0.05, 0) is 44.9 Å². The molecule has 1 aliphatic carbocycles. The molecule has 1 aromatic carbocycles. The number of rotatable bonds is 4. The van der Waals surface area contributed by atoms with Crippen LogP contribution in [0.15, 0.2) is 24.3 Å². The van der Waals surface area contributed by atoms with Gasteiger partial charge >= 0.3 is 0 Å². The van der Waals surface area contributed by atoms with Crippen LogP contribution in [-0.2, 0) is 7.05 Å². The van der Waals surface area contributed by atoms with Crippen molar-refractivity contribution in [1.29, 1.82) is 0 Å². The summed E-state index contributed by atoms with van der Waals surface area (Å²) in [6.45, 7) is 3.84. The Labute approximate surface area is 145 Å². The van der Waals surface area contributed by atoms with Gasteiger partial charge in [0, 0.05) is 24.3 Å². The van der Waals surface area contributed by atoms with Crippen molar-refractivity contribution < 1.29 is 4.79 Å². The zero-order valence-electron chi connectivity index (χ0n) is 14.5. The Morgan fingerprint density at radius 3 is 2.76 bits per heavy atom. The summed E-state index contributed by atoms with van der Waals surface area (Å²) in [4.78, 5) is 21.2. The number of benzene rings is 1. The Balaban J connectivity index is 1.67. The van der Waals surface area contributed by atoms with E-state index in [1.54, 1.807) is 4.68 Å². The van der Waals surface area contributed by atoms with Crippen molar-refractivity contribution in [3.05, 3.63) is 41.3 Å².